The van der Waals surface area contributed by atoms with E-state index in [-0.39, 0.29) is 29.8 Å². The maximum Gasteiger partial charge on any atom is 0.407 e. The Morgan fingerprint density at radius 1 is 1.03 bits per heavy atom. The van der Waals surface area contributed by atoms with Crippen LogP contribution in [0.5, 0.6) is 0 Å². The van der Waals surface area contributed by atoms with E-state index < -0.39 is 28.6 Å². The minimum atomic E-state index is -0.707. The van der Waals surface area contributed by atoms with Gasteiger partial charge in [-0.25, -0.2) is 14.4 Å². The van der Waals surface area contributed by atoms with Crippen molar-refractivity contribution in [2.45, 2.75) is 45.8 Å². The standard InChI is InChI=1S/C23H29N3O8/c1-23(2,3)34-22(29)24-12-10-18-19(21(28)33-5)17(20(27)32-4)14-25(18)13-11-15-6-8-16(9-7-15)26(30)31/h6-9,14H,10-13H2,1-5H3,(H,24,29). The molecule has 1 aromatic carbocycles. The molecule has 0 aliphatic rings. The van der Waals surface area contributed by atoms with Crippen LogP contribution in [-0.2, 0) is 33.6 Å². The van der Waals surface area contributed by atoms with Gasteiger partial charge < -0.3 is 24.1 Å². The van der Waals surface area contributed by atoms with Crippen LogP contribution in [0.2, 0.25) is 0 Å². The number of benzene rings is 1. The molecule has 11 nitrogen and oxygen atoms in total. The quantitative estimate of drug-likeness (QED) is 0.252. The van der Waals surface area contributed by atoms with E-state index in [0.717, 1.165) is 5.56 Å². The van der Waals surface area contributed by atoms with Gasteiger partial charge >= 0.3 is 18.0 Å². The number of carbonyl (C=O) groups is 3. The smallest absolute Gasteiger partial charge is 0.407 e. The molecule has 0 bridgehead atoms. The summed E-state index contributed by atoms with van der Waals surface area (Å²) < 4.78 is 16.6. The maximum atomic E-state index is 12.5. The number of alkyl carbamates (subject to hydrolysis) is 1. The molecule has 0 aliphatic carbocycles. The molecule has 2 rings (SSSR count). The third-order valence-electron chi connectivity index (χ3n) is 4.80. The Hall–Kier alpha value is -3.89. The van der Waals surface area contributed by atoms with Crippen LogP contribution in [0.25, 0.3) is 0 Å². The summed E-state index contributed by atoms with van der Waals surface area (Å²) >= 11 is 0. The van der Waals surface area contributed by atoms with E-state index in [1.54, 1.807) is 37.5 Å². The lowest BCUT2D eigenvalue weighted by molar-refractivity contribution is -0.384. The average Bonchev–Trinajstić information content (AvgIpc) is 3.14. The number of esters is 2. The molecule has 1 amide bonds. The lowest BCUT2D eigenvalue weighted by atomic mass is 10.1. The van der Waals surface area contributed by atoms with Crippen LogP contribution in [0.1, 0.15) is 52.7 Å². The van der Waals surface area contributed by atoms with E-state index in [9.17, 15) is 24.5 Å². The van der Waals surface area contributed by atoms with Crippen molar-refractivity contribution in [1.82, 2.24) is 9.88 Å². The first-order valence-corrected chi connectivity index (χ1v) is 10.6. The first-order chi connectivity index (χ1) is 16.0. The summed E-state index contributed by atoms with van der Waals surface area (Å²) in [7, 11) is 2.42. The molecule has 0 spiro atoms. The Labute approximate surface area is 197 Å². The molecule has 0 fully saturated rings. The largest absolute Gasteiger partial charge is 0.465 e. The van der Waals surface area contributed by atoms with Crippen molar-refractivity contribution in [3.63, 3.8) is 0 Å². The zero-order valence-corrected chi connectivity index (χ0v) is 19.9. The normalized spacial score (nSPS) is 11.0. The Balaban J connectivity index is 2.30. The molecule has 0 saturated carbocycles. The van der Waals surface area contributed by atoms with Gasteiger partial charge in [0.05, 0.1) is 30.3 Å². The van der Waals surface area contributed by atoms with Gasteiger partial charge in [0.1, 0.15) is 5.60 Å². The molecule has 2 aromatic rings. The number of nitrogens with one attached hydrogen (secondary N) is 1. The Bertz CT molecular complexity index is 1050. The first-order valence-electron chi connectivity index (χ1n) is 10.6. The van der Waals surface area contributed by atoms with Gasteiger partial charge in [-0.1, -0.05) is 12.1 Å². The molecule has 0 atom stereocenters. The third kappa shape index (κ3) is 7.06. The molecule has 0 aliphatic heterocycles. The second-order valence-electron chi connectivity index (χ2n) is 8.39. The predicted octanol–water partition coefficient (Wildman–Crippen LogP) is 3.28. The number of ether oxygens (including phenoxy) is 3. The summed E-state index contributed by atoms with van der Waals surface area (Å²) in [5, 5.41) is 13.5. The van der Waals surface area contributed by atoms with Gasteiger partial charge in [0.15, 0.2) is 0 Å². The van der Waals surface area contributed by atoms with Crippen molar-refractivity contribution in [2.24, 2.45) is 0 Å². The highest BCUT2D eigenvalue weighted by molar-refractivity contribution is 6.04. The molecule has 1 N–H and O–H groups in total. The van der Waals surface area contributed by atoms with Crippen LogP contribution >= 0.6 is 0 Å². The molecule has 184 valence electrons. The van der Waals surface area contributed by atoms with E-state index in [0.29, 0.717) is 18.7 Å². The number of hydrogen-bond acceptors (Lipinski definition) is 8. The number of aryl methyl sites for hydroxylation is 2. The van der Waals surface area contributed by atoms with Crippen LogP contribution in [0.15, 0.2) is 30.5 Å². The highest BCUT2D eigenvalue weighted by atomic mass is 16.6. The summed E-state index contributed by atoms with van der Waals surface area (Å²) in [5.74, 6) is -1.41. The Kier molecular flexibility index (Phi) is 8.76. The number of rotatable bonds is 9. The number of hydrogen-bond donors (Lipinski definition) is 1. The fraction of sp³-hybridized carbons (Fsp3) is 0.435. The number of carbonyl (C=O) groups excluding carboxylic acids is 3. The number of amides is 1. The van der Waals surface area contributed by atoms with Gasteiger partial charge in [0.25, 0.3) is 5.69 Å². The van der Waals surface area contributed by atoms with Gasteiger partial charge in [-0.05, 0) is 32.8 Å². The third-order valence-corrected chi connectivity index (χ3v) is 4.80. The van der Waals surface area contributed by atoms with Crippen LogP contribution in [0.3, 0.4) is 0 Å². The summed E-state index contributed by atoms with van der Waals surface area (Å²) in [6.45, 7) is 5.73. The molecule has 0 unspecified atom stereocenters. The molecule has 1 aromatic heterocycles. The van der Waals surface area contributed by atoms with Crippen molar-refractivity contribution in [1.29, 1.82) is 0 Å². The summed E-state index contributed by atoms with van der Waals surface area (Å²) in [5.41, 5.74) is 0.736. The zero-order chi connectivity index (χ0) is 25.5. The van der Waals surface area contributed by atoms with Gasteiger partial charge in [-0.3, -0.25) is 10.1 Å². The number of nitro groups is 1. The molecule has 1 heterocycles. The van der Waals surface area contributed by atoms with Crippen molar-refractivity contribution in [3.8, 4) is 0 Å². The number of aromatic nitrogens is 1. The van der Waals surface area contributed by atoms with Gasteiger partial charge in [0, 0.05) is 43.5 Å². The lowest BCUT2D eigenvalue weighted by Crippen LogP contribution is -2.34. The van der Waals surface area contributed by atoms with E-state index in [2.05, 4.69) is 5.32 Å². The van der Waals surface area contributed by atoms with Crippen LogP contribution in [-0.4, -0.2) is 53.9 Å². The molecule has 34 heavy (non-hydrogen) atoms. The molecule has 11 heteroatoms. The summed E-state index contributed by atoms with van der Waals surface area (Å²) in [6, 6.07) is 6.12. The van der Waals surface area contributed by atoms with E-state index in [4.69, 9.17) is 14.2 Å². The molecule has 0 saturated heterocycles. The highest BCUT2D eigenvalue weighted by Gasteiger charge is 2.27. The lowest BCUT2D eigenvalue weighted by Gasteiger charge is -2.20. The van der Waals surface area contributed by atoms with E-state index in [1.165, 1.54) is 32.5 Å². The van der Waals surface area contributed by atoms with Crippen molar-refractivity contribution in [2.75, 3.05) is 20.8 Å². The van der Waals surface area contributed by atoms with Crippen LogP contribution in [0.4, 0.5) is 10.5 Å². The highest BCUT2D eigenvalue weighted by Crippen LogP contribution is 2.22. The Morgan fingerprint density at radius 2 is 1.65 bits per heavy atom. The van der Waals surface area contributed by atoms with Crippen LogP contribution < -0.4 is 5.32 Å². The minimum Gasteiger partial charge on any atom is -0.465 e. The minimum absolute atomic E-state index is 0.0143. The molecule has 0 radical (unpaired) electrons. The van der Waals surface area contributed by atoms with E-state index >= 15 is 0 Å². The Morgan fingerprint density at radius 3 is 2.18 bits per heavy atom. The zero-order valence-electron chi connectivity index (χ0n) is 19.9. The monoisotopic (exact) mass is 475 g/mol. The molecular formula is C23H29N3O8. The van der Waals surface area contributed by atoms with Crippen molar-refractivity contribution < 1.29 is 33.5 Å². The summed E-state index contributed by atoms with van der Waals surface area (Å²) in [4.78, 5) is 47.3. The average molecular weight is 475 g/mol. The van der Waals surface area contributed by atoms with Crippen molar-refractivity contribution >= 4 is 23.7 Å². The molecular weight excluding hydrogens is 446 g/mol. The first kappa shape index (κ1) is 26.4. The van der Waals surface area contributed by atoms with Gasteiger partial charge in [0.2, 0.25) is 0 Å². The summed E-state index contributed by atoms with van der Waals surface area (Å²) in [6.07, 6.45) is 1.58. The van der Waals surface area contributed by atoms with Gasteiger partial charge in [-0.15, -0.1) is 0 Å². The topological polar surface area (TPSA) is 139 Å². The maximum absolute atomic E-state index is 12.5. The fourth-order valence-corrected chi connectivity index (χ4v) is 3.29. The van der Waals surface area contributed by atoms with E-state index in [1.807, 2.05) is 0 Å². The number of nitro benzene ring substituents is 1. The number of methoxy groups -OCH3 is 2. The van der Waals surface area contributed by atoms with Crippen LogP contribution in [0, 0.1) is 10.1 Å². The number of non-ortho nitro benzene ring substituents is 1. The second-order valence-corrected chi connectivity index (χ2v) is 8.39. The van der Waals surface area contributed by atoms with Crippen molar-refractivity contribution in [3.05, 3.63) is 63.0 Å². The SMILES string of the molecule is COC(=O)c1cn(CCc2ccc([N+](=O)[O-])cc2)c(CCNC(=O)OC(C)(C)C)c1C(=O)OC. The fourth-order valence-electron chi connectivity index (χ4n) is 3.29. The second kappa shape index (κ2) is 11.3. The number of nitrogens with zero attached hydrogens (tertiary/aromatic N) is 2. The van der Waals surface area contributed by atoms with Gasteiger partial charge in [-0.2, -0.15) is 0 Å². The predicted molar refractivity (Wildman–Crippen MR) is 122 cm³/mol.